The van der Waals surface area contributed by atoms with Gasteiger partial charge in [0, 0.05) is 17.1 Å². The molecule has 2 aromatic heterocycles. The van der Waals surface area contributed by atoms with Crippen LogP contribution in [0.2, 0.25) is 0 Å². The fraction of sp³-hybridized carbons (Fsp3) is 0.323. The zero-order valence-electron chi connectivity index (χ0n) is 25.1. The van der Waals surface area contributed by atoms with Gasteiger partial charge in [-0.2, -0.15) is 0 Å². The van der Waals surface area contributed by atoms with Crippen LogP contribution in [0.1, 0.15) is 16.2 Å². The summed E-state index contributed by atoms with van der Waals surface area (Å²) in [6.45, 7) is 1.67. The van der Waals surface area contributed by atoms with E-state index in [1.54, 1.807) is 35.5 Å². The van der Waals surface area contributed by atoms with Crippen molar-refractivity contribution in [3.63, 3.8) is 0 Å². The monoisotopic (exact) mass is 627 g/mol. The lowest BCUT2D eigenvalue weighted by atomic mass is 9.95. The summed E-state index contributed by atoms with van der Waals surface area (Å²) in [6.07, 6.45) is 1.68. The Bertz CT molecular complexity index is 1660. The van der Waals surface area contributed by atoms with Gasteiger partial charge >= 0.3 is 5.97 Å². The molecule has 2 aromatic carbocycles. The molecule has 0 amide bonds. The molecule has 1 saturated heterocycles. The number of carbonyl (C=O) groups is 1. The molecule has 0 saturated carbocycles. The lowest BCUT2D eigenvalue weighted by Crippen LogP contribution is -2.51. The number of esters is 1. The van der Waals surface area contributed by atoms with E-state index in [-0.39, 0.29) is 24.7 Å². The minimum atomic E-state index is -0.705. The third-order valence-electron chi connectivity index (χ3n) is 7.15. The van der Waals surface area contributed by atoms with Crippen LogP contribution < -0.4 is 34.3 Å². The van der Waals surface area contributed by atoms with Crippen LogP contribution in [0, 0.1) is 0 Å². The maximum absolute atomic E-state index is 14.3. The van der Waals surface area contributed by atoms with E-state index in [0.717, 1.165) is 0 Å². The highest BCUT2D eigenvalue weighted by atomic mass is 35.5. The molecule has 1 fully saturated rings. The predicted octanol–water partition coefficient (Wildman–Crippen LogP) is 3.85. The first kappa shape index (κ1) is 32.2. The van der Waals surface area contributed by atoms with Gasteiger partial charge in [-0.05, 0) is 42.0 Å². The molecule has 1 aliphatic heterocycles. The molecule has 0 unspecified atom stereocenters. The van der Waals surface area contributed by atoms with Crippen molar-refractivity contribution in [2.24, 2.45) is 0 Å². The number of ether oxygens (including phenoxy) is 7. The van der Waals surface area contributed by atoms with Gasteiger partial charge in [0.25, 0.3) is 5.56 Å². The fourth-order valence-electron chi connectivity index (χ4n) is 5.13. The Morgan fingerprint density at radius 1 is 0.864 bits per heavy atom. The molecule has 0 spiro atoms. The average molecular weight is 628 g/mol. The molecule has 12 nitrogen and oxygen atoms in total. The van der Waals surface area contributed by atoms with Crippen LogP contribution in [0.3, 0.4) is 0 Å². The van der Waals surface area contributed by atoms with Crippen molar-refractivity contribution in [2.75, 3.05) is 66.9 Å². The molecule has 234 valence electrons. The summed E-state index contributed by atoms with van der Waals surface area (Å²) < 4.78 is 40.7. The Labute approximate surface area is 260 Å². The van der Waals surface area contributed by atoms with Crippen molar-refractivity contribution in [2.45, 2.75) is 6.61 Å². The highest BCUT2D eigenvalue weighted by Crippen LogP contribution is 2.45. The molecule has 5 rings (SSSR count). The van der Waals surface area contributed by atoms with Crippen molar-refractivity contribution in [1.82, 2.24) is 9.66 Å². The predicted molar refractivity (Wildman–Crippen MR) is 166 cm³/mol. The summed E-state index contributed by atoms with van der Waals surface area (Å²) in [6, 6.07) is 12.3. The number of fused-ring (bicyclic) bond motifs is 1. The van der Waals surface area contributed by atoms with Crippen molar-refractivity contribution < 1.29 is 38.0 Å². The van der Waals surface area contributed by atoms with Gasteiger partial charge in [-0.3, -0.25) is 9.78 Å². The summed E-state index contributed by atoms with van der Waals surface area (Å²) in [4.78, 5) is 32.2. The number of pyridine rings is 2. The van der Waals surface area contributed by atoms with Crippen LogP contribution in [0.25, 0.3) is 21.9 Å². The Balaban J connectivity index is 0.00000442. The maximum Gasteiger partial charge on any atom is 0.357 e. The first-order valence-corrected chi connectivity index (χ1v) is 13.5. The molecule has 0 aliphatic carbocycles. The molecule has 4 aromatic rings. The second kappa shape index (κ2) is 14.2. The molecule has 13 heteroatoms. The number of nitrogens with zero attached hydrogens (tertiary/aromatic N) is 3. The number of rotatable bonds is 10. The minimum absolute atomic E-state index is 0. The second-order valence-corrected chi connectivity index (χ2v) is 9.47. The van der Waals surface area contributed by atoms with E-state index in [9.17, 15) is 9.59 Å². The van der Waals surface area contributed by atoms with Crippen LogP contribution in [0.4, 0.5) is 0 Å². The number of benzene rings is 2. The van der Waals surface area contributed by atoms with E-state index in [0.29, 0.717) is 82.6 Å². The number of aromatic nitrogens is 2. The van der Waals surface area contributed by atoms with Gasteiger partial charge in [0.05, 0.1) is 72.9 Å². The van der Waals surface area contributed by atoms with Crippen LogP contribution in [-0.2, 0) is 16.1 Å². The Kier molecular flexibility index (Phi) is 10.4. The van der Waals surface area contributed by atoms with Gasteiger partial charge < -0.3 is 38.2 Å². The summed E-state index contributed by atoms with van der Waals surface area (Å²) in [5, 5.41) is 2.50. The van der Waals surface area contributed by atoms with Gasteiger partial charge in [0.15, 0.2) is 28.7 Å². The maximum atomic E-state index is 14.3. The van der Waals surface area contributed by atoms with E-state index in [2.05, 4.69) is 4.98 Å². The Hall–Kier alpha value is -4.68. The normalized spacial score (nSPS) is 12.7. The van der Waals surface area contributed by atoms with Gasteiger partial charge in [-0.25, -0.2) is 9.47 Å². The van der Waals surface area contributed by atoms with Gasteiger partial charge in [0.1, 0.15) is 6.61 Å². The number of methoxy groups -OCH3 is 5. The summed E-state index contributed by atoms with van der Waals surface area (Å²) >= 11 is 0. The minimum Gasteiger partial charge on any atom is -0.493 e. The first-order valence-electron chi connectivity index (χ1n) is 13.5. The Morgan fingerprint density at radius 2 is 1.52 bits per heavy atom. The standard InChI is InChI=1S/C31H33N3O9.ClH/c1-37-23-16-21-22(17-24(23)43-18-20-8-6-7-9-32-20)30(35)34(33-10-12-42-13-11-33)28(31(36)41-5)27(21)19-14-25(38-2)29(40-4)26(15-19)39-3;/h6-9,14-17H,10-13,18H2,1-5H3;1H. The van der Waals surface area contributed by atoms with Crippen molar-refractivity contribution >= 4 is 29.1 Å². The zero-order valence-corrected chi connectivity index (χ0v) is 25.9. The molecule has 1 aliphatic rings. The van der Waals surface area contributed by atoms with E-state index < -0.39 is 11.5 Å². The quantitative estimate of drug-likeness (QED) is 0.238. The van der Waals surface area contributed by atoms with Crippen molar-refractivity contribution in [3.8, 4) is 39.9 Å². The molecule has 3 heterocycles. The smallest absolute Gasteiger partial charge is 0.357 e. The molecular formula is C31H34ClN3O9. The third-order valence-corrected chi connectivity index (χ3v) is 7.15. The Morgan fingerprint density at radius 3 is 2.09 bits per heavy atom. The average Bonchev–Trinajstić information content (AvgIpc) is 3.06. The van der Waals surface area contributed by atoms with Gasteiger partial charge in [-0.15, -0.1) is 12.4 Å². The SMILES string of the molecule is COC(=O)c1c(-c2cc(OC)c(OC)c(OC)c2)c2cc(OC)c(OCc3ccccn3)cc2c(=O)n1N1CCOCC1.Cl. The van der Waals surface area contributed by atoms with Crippen molar-refractivity contribution in [3.05, 3.63) is 70.4 Å². The second-order valence-electron chi connectivity index (χ2n) is 9.47. The molecule has 0 N–H and O–H groups in total. The fourth-order valence-corrected chi connectivity index (χ4v) is 5.13. The van der Waals surface area contributed by atoms with Crippen molar-refractivity contribution in [1.29, 1.82) is 0 Å². The number of morpholine rings is 1. The van der Waals surface area contributed by atoms with Gasteiger partial charge in [-0.1, -0.05) is 6.07 Å². The third kappa shape index (κ3) is 6.03. The molecule has 0 bridgehead atoms. The highest BCUT2D eigenvalue weighted by molar-refractivity contribution is 6.08. The number of halogens is 1. The lowest BCUT2D eigenvalue weighted by Gasteiger charge is -2.33. The molecule has 44 heavy (non-hydrogen) atoms. The van der Waals surface area contributed by atoms with E-state index in [1.165, 1.54) is 40.2 Å². The zero-order chi connectivity index (χ0) is 30.5. The summed E-state index contributed by atoms with van der Waals surface area (Å²) in [5.74, 6) is 1.11. The molecule has 0 radical (unpaired) electrons. The van der Waals surface area contributed by atoms with Crippen LogP contribution in [0.5, 0.6) is 28.7 Å². The van der Waals surface area contributed by atoms with Crippen LogP contribution >= 0.6 is 12.4 Å². The highest BCUT2D eigenvalue weighted by Gasteiger charge is 2.30. The van der Waals surface area contributed by atoms with E-state index >= 15 is 0 Å². The first-order chi connectivity index (χ1) is 20.9. The van der Waals surface area contributed by atoms with E-state index in [1.807, 2.05) is 18.2 Å². The number of hydrogen-bond acceptors (Lipinski definition) is 11. The van der Waals surface area contributed by atoms with Crippen LogP contribution in [-0.4, -0.2) is 77.5 Å². The van der Waals surface area contributed by atoms with E-state index in [4.69, 9.17) is 33.2 Å². The molecular weight excluding hydrogens is 594 g/mol. The lowest BCUT2D eigenvalue weighted by molar-refractivity contribution is 0.0580. The van der Waals surface area contributed by atoms with Gasteiger partial charge in [0.2, 0.25) is 5.75 Å². The summed E-state index contributed by atoms with van der Waals surface area (Å²) in [7, 11) is 7.29. The topological polar surface area (TPSA) is 120 Å². The largest absolute Gasteiger partial charge is 0.493 e. The number of hydrogen-bond donors (Lipinski definition) is 0. The molecule has 0 atom stereocenters. The number of carbonyl (C=O) groups excluding carboxylic acids is 1. The van der Waals surface area contributed by atoms with Crippen LogP contribution in [0.15, 0.2) is 53.5 Å². The summed E-state index contributed by atoms with van der Waals surface area (Å²) in [5.41, 5.74) is 1.22.